The molecule has 0 aliphatic heterocycles. The molecule has 0 heterocycles. The maximum Gasteiger partial charge on any atom is 0.229 e. The number of halogens is 1. The zero-order chi connectivity index (χ0) is 14.3. The van der Waals surface area contributed by atoms with Crippen molar-refractivity contribution < 1.29 is 9.59 Å². The van der Waals surface area contributed by atoms with Crippen molar-refractivity contribution >= 4 is 34.4 Å². The second kappa shape index (κ2) is 14.1. The number of hydrogen-bond acceptors (Lipinski definition) is 2. The highest BCUT2D eigenvalue weighted by atomic mass is 127. The highest BCUT2D eigenvalue weighted by Gasteiger charge is 1.97. The monoisotopic (exact) mass is 382 g/mol. The van der Waals surface area contributed by atoms with E-state index in [0.29, 0.717) is 10.8 Å². The van der Waals surface area contributed by atoms with Crippen LogP contribution in [0.4, 0.5) is 0 Å². The molecule has 0 aliphatic rings. The van der Waals surface area contributed by atoms with Crippen LogP contribution < -0.4 is 11.1 Å². The summed E-state index contributed by atoms with van der Waals surface area (Å²) in [6, 6.07) is 0. The van der Waals surface area contributed by atoms with Crippen LogP contribution in [-0.2, 0) is 9.59 Å². The molecule has 0 rings (SSSR count). The number of nitrogens with one attached hydrogen (secondary N) is 1. The molecule has 0 bridgehead atoms. The minimum atomic E-state index is -0.186. The van der Waals surface area contributed by atoms with E-state index in [1.807, 2.05) is 0 Å². The van der Waals surface area contributed by atoms with Crippen molar-refractivity contribution in [2.24, 2.45) is 5.73 Å². The Labute approximate surface area is 130 Å². The Morgan fingerprint density at radius 1 is 0.842 bits per heavy atom. The molecule has 0 spiro atoms. The Bertz CT molecular complexity index is 248. The largest absolute Gasteiger partial charge is 0.370 e. The van der Waals surface area contributed by atoms with Gasteiger partial charge in [0.1, 0.15) is 0 Å². The fourth-order valence-corrected chi connectivity index (χ4v) is 2.21. The van der Waals surface area contributed by atoms with E-state index < -0.39 is 0 Å². The summed E-state index contributed by atoms with van der Waals surface area (Å²) in [7, 11) is 0. The SMILES string of the molecule is NC(=O)CCCCCCCCCCCNC(=O)CI. The quantitative estimate of drug-likeness (QED) is 0.292. The summed E-state index contributed by atoms with van der Waals surface area (Å²) in [6.07, 6.45) is 11.1. The van der Waals surface area contributed by atoms with Gasteiger partial charge in [-0.25, -0.2) is 0 Å². The van der Waals surface area contributed by atoms with Crippen LogP contribution in [0.25, 0.3) is 0 Å². The van der Waals surface area contributed by atoms with Gasteiger partial charge in [-0.2, -0.15) is 0 Å². The van der Waals surface area contributed by atoms with E-state index in [2.05, 4.69) is 27.9 Å². The van der Waals surface area contributed by atoms with E-state index in [0.717, 1.165) is 25.8 Å². The van der Waals surface area contributed by atoms with Crippen LogP contribution in [0.3, 0.4) is 0 Å². The van der Waals surface area contributed by atoms with Crippen molar-refractivity contribution in [2.45, 2.75) is 64.2 Å². The third kappa shape index (κ3) is 15.6. The zero-order valence-corrected chi connectivity index (χ0v) is 13.9. The Balaban J connectivity index is 3.03. The Morgan fingerprint density at radius 3 is 1.79 bits per heavy atom. The summed E-state index contributed by atoms with van der Waals surface area (Å²) >= 11 is 2.07. The molecule has 0 aliphatic carbocycles. The third-order valence-corrected chi connectivity index (χ3v) is 3.74. The topological polar surface area (TPSA) is 72.2 Å². The maximum absolute atomic E-state index is 11.0. The summed E-state index contributed by atoms with van der Waals surface area (Å²) in [5.74, 6) is -0.0498. The number of primary amides is 1. The van der Waals surface area contributed by atoms with Crippen molar-refractivity contribution in [3.05, 3.63) is 0 Å². The molecule has 0 aromatic rings. The predicted octanol–water partition coefficient (Wildman–Crippen LogP) is 2.92. The lowest BCUT2D eigenvalue weighted by Gasteiger charge is -2.03. The van der Waals surface area contributed by atoms with Crippen LogP contribution >= 0.6 is 22.6 Å². The van der Waals surface area contributed by atoms with E-state index in [-0.39, 0.29) is 11.8 Å². The third-order valence-electron chi connectivity index (χ3n) is 3.04. The summed E-state index contributed by atoms with van der Waals surface area (Å²) in [4.78, 5) is 21.5. The van der Waals surface area contributed by atoms with E-state index in [4.69, 9.17) is 5.73 Å². The number of unbranched alkanes of at least 4 members (excludes halogenated alkanes) is 8. The lowest BCUT2D eigenvalue weighted by atomic mass is 10.1. The van der Waals surface area contributed by atoms with Gasteiger partial charge in [0.05, 0.1) is 4.43 Å². The van der Waals surface area contributed by atoms with E-state index in [1.54, 1.807) is 0 Å². The van der Waals surface area contributed by atoms with Gasteiger partial charge >= 0.3 is 0 Å². The second-order valence-electron chi connectivity index (χ2n) is 4.88. The molecule has 0 aromatic heterocycles. The van der Waals surface area contributed by atoms with Crippen LogP contribution in [0.5, 0.6) is 0 Å². The minimum absolute atomic E-state index is 0.136. The van der Waals surface area contributed by atoms with Crippen LogP contribution in [-0.4, -0.2) is 22.8 Å². The van der Waals surface area contributed by atoms with Crippen molar-refractivity contribution in [1.29, 1.82) is 0 Å². The molecule has 4 nitrogen and oxygen atoms in total. The van der Waals surface area contributed by atoms with Crippen molar-refractivity contribution in [1.82, 2.24) is 5.32 Å². The normalized spacial score (nSPS) is 10.4. The highest BCUT2D eigenvalue weighted by molar-refractivity contribution is 14.1. The molecule has 112 valence electrons. The van der Waals surface area contributed by atoms with Crippen LogP contribution in [0.15, 0.2) is 0 Å². The maximum atomic E-state index is 11.0. The zero-order valence-electron chi connectivity index (χ0n) is 11.8. The number of carbonyl (C=O) groups excluding carboxylic acids is 2. The molecule has 0 saturated carbocycles. The van der Waals surface area contributed by atoms with Crippen LogP contribution in [0.1, 0.15) is 64.2 Å². The summed E-state index contributed by atoms with van der Waals surface area (Å²) in [5.41, 5.74) is 5.07. The first kappa shape index (κ1) is 18.7. The average Bonchev–Trinajstić information content (AvgIpc) is 2.39. The first-order valence-corrected chi connectivity index (χ1v) is 8.80. The number of amides is 2. The second-order valence-corrected chi connectivity index (χ2v) is 5.64. The molecule has 0 fully saturated rings. The molecule has 0 saturated heterocycles. The molecule has 0 aromatic carbocycles. The molecule has 2 amide bonds. The van der Waals surface area contributed by atoms with Gasteiger partial charge in [-0.15, -0.1) is 0 Å². The highest BCUT2D eigenvalue weighted by Crippen LogP contribution is 2.10. The van der Waals surface area contributed by atoms with Crippen molar-refractivity contribution in [3.63, 3.8) is 0 Å². The number of nitrogens with two attached hydrogens (primary N) is 1. The molecule has 0 unspecified atom stereocenters. The van der Waals surface area contributed by atoms with E-state index in [9.17, 15) is 9.59 Å². The first-order valence-electron chi connectivity index (χ1n) is 7.27. The molecule has 5 heteroatoms. The summed E-state index contributed by atoms with van der Waals surface area (Å²) in [5, 5.41) is 2.88. The minimum Gasteiger partial charge on any atom is -0.370 e. The van der Waals surface area contributed by atoms with Crippen LogP contribution in [0, 0.1) is 0 Å². The number of hydrogen-bond donors (Lipinski definition) is 2. The smallest absolute Gasteiger partial charge is 0.229 e. The molecule has 0 atom stereocenters. The summed E-state index contributed by atoms with van der Waals surface area (Å²) in [6.45, 7) is 0.814. The van der Waals surface area contributed by atoms with E-state index in [1.165, 1.54) is 38.5 Å². The molecule has 0 radical (unpaired) electrons. The fourth-order valence-electron chi connectivity index (χ4n) is 1.94. The number of rotatable bonds is 13. The lowest BCUT2D eigenvalue weighted by Crippen LogP contribution is -2.25. The van der Waals surface area contributed by atoms with E-state index >= 15 is 0 Å². The van der Waals surface area contributed by atoms with Crippen molar-refractivity contribution in [2.75, 3.05) is 11.0 Å². The molecular formula is C14H27IN2O2. The van der Waals surface area contributed by atoms with Gasteiger partial charge in [-0.1, -0.05) is 67.5 Å². The Hall–Kier alpha value is -0.330. The predicted molar refractivity (Wildman–Crippen MR) is 87.3 cm³/mol. The van der Waals surface area contributed by atoms with Crippen LogP contribution in [0.2, 0.25) is 0 Å². The van der Waals surface area contributed by atoms with Gasteiger partial charge in [-0.3, -0.25) is 9.59 Å². The standard InChI is InChI=1S/C14H27IN2O2/c15-12-14(19)17-11-9-7-5-3-1-2-4-6-8-10-13(16)18/h1-12H2,(H2,16,18)(H,17,19). The Morgan fingerprint density at radius 2 is 1.32 bits per heavy atom. The molecule has 19 heavy (non-hydrogen) atoms. The van der Waals surface area contributed by atoms with Gasteiger partial charge in [-0.05, 0) is 12.8 Å². The summed E-state index contributed by atoms with van der Waals surface area (Å²) < 4.78 is 0.549. The fraction of sp³-hybridized carbons (Fsp3) is 0.857. The van der Waals surface area contributed by atoms with Gasteiger partial charge in [0, 0.05) is 13.0 Å². The van der Waals surface area contributed by atoms with Gasteiger partial charge in [0.15, 0.2) is 0 Å². The van der Waals surface area contributed by atoms with Crippen molar-refractivity contribution in [3.8, 4) is 0 Å². The lowest BCUT2D eigenvalue weighted by molar-refractivity contribution is -0.119. The number of carbonyl (C=O) groups is 2. The average molecular weight is 382 g/mol. The van der Waals surface area contributed by atoms with Gasteiger partial charge in [0.25, 0.3) is 0 Å². The Kier molecular flexibility index (Phi) is 13.8. The van der Waals surface area contributed by atoms with Gasteiger partial charge < -0.3 is 11.1 Å². The molecule has 3 N–H and O–H groups in total. The number of alkyl halides is 1. The molecular weight excluding hydrogens is 355 g/mol. The first-order chi connectivity index (χ1) is 9.16. The van der Waals surface area contributed by atoms with Gasteiger partial charge in [0.2, 0.25) is 11.8 Å².